The summed E-state index contributed by atoms with van der Waals surface area (Å²) in [5.74, 6) is -0.393. The number of halogens is 2. The van der Waals surface area contributed by atoms with Crippen LogP contribution in [0.3, 0.4) is 0 Å². The van der Waals surface area contributed by atoms with Crippen molar-refractivity contribution >= 4 is 44.8 Å². The van der Waals surface area contributed by atoms with E-state index >= 15 is 0 Å². The van der Waals surface area contributed by atoms with Gasteiger partial charge in [0, 0.05) is 27.3 Å². The van der Waals surface area contributed by atoms with Crippen molar-refractivity contribution in [1.82, 2.24) is 4.72 Å². The van der Waals surface area contributed by atoms with Crippen molar-refractivity contribution in [1.29, 1.82) is 0 Å². The highest BCUT2D eigenvalue weighted by Crippen LogP contribution is 2.20. The second-order valence-corrected chi connectivity index (χ2v) is 8.00. The van der Waals surface area contributed by atoms with Crippen molar-refractivity contribution < 1.29 is 13.2 Å². The third kappa shape index (κ3) is 4.95. The first-order valence-corrected chi connectivity index (χ1v) is 9.31. The Morgan fingerprint density at radius 2 is 1.54 bits per heavy atom. The van der Waals surface area contributed by atoms with E-state index in [0.29, 0.717) is 21.3 Å². The molecule has 2 rings (SSSR count). The van der Waals surface area contributed by atoms with E-state index in [0.717, 1.165) is 0 Å². The minimum atomic E-state index is -3.57. The Hall–Kier alpha value is -1.60. The van der Waals surface area contributed by atoms with Gasteiger partial charge in [-0.25, -0.2) is 13.1 Å². The third-order valence-corrected chi connectivity index (χ3v) is 5.05. The lowest BCUT2D eigenvalue weighted by Crippen LogP contribution is -2.30. The van der Waals surface area contributed by atoms with Gasteiger partial charge in [-0.2, -0.15) is 0 Å². The Morgan fingerprint density at radius 1 is 1.00 bits per heavy atom. The number of carbonyl (C=O) groups is 1. The molecule has 2 N–H and O–H groups in total. The molecule has 0 fully saturated rings. The quantitative estimate of drug-likeness (QED) is 0.816. The number of rotatable bonds is 5. The fourth-order valence-corrected chi connectivity index (χ4v) is 3.76. The molecule has 0 heterocycles. The van der Waals surface area contributed by atoms with E-state index in [-0.39, 0.29) is 10.9 Å². The van der Waals surface area contributed by atoms with Crippen LogP contribution in [0.1, 0.15) is 24.2 Å². The van der Waals surface area contributed by atoms with Gasteiger partial charge < -0.3 is 5.32 Å². The fraction of sp³-hybridized carbons (Fsp3) is 0.188. The summed E-state index contributed by atoms with van der Waals surface area (Å²) >= 11 is 11.7. The molecule has 0 saturated heterocycles. The largest absolute Gasteiger partial charge is 0.322 e. The predicted molar refractivity (Wildman–Crippen MR) is 96.3 cm³/mol. The van der Waals surface area contributed by atoms with Gasteiger partial charge >= 0.3 is 0 Å². The molecule has 0 spiro atoms. The standard InChI is InChI=1S/C16H16Cl2N2O3S/c1-10(2)20-24(22,23)15-5-3-14(4-6-15)19-16(21)11-7-12(17)9-13(18)8-11/h3-10,20H,1-2H3,(H,19,21). The maximum atomic E-state index is 12.2. The van der Waals surface area contributed by atoms with Crippen LogP contribution < -0.4 is 10.0 Å². The van der Waals surface area contributed by atoms with E-state index < -0.39 is 15.9 Å². The van der Waals surface area contributed by atoms with Gasteiger partial charge in [-0.1, -0.05) is 23.2 Å². The summed E-state index contributed by atoms with van der Waals surface area (Å²) < 4.78 is 26.6. The van der Waals surface area contributed by atoms with Gasteiger partial charge in [0.15, 0.2) is 0 Å². The molecule has 24 heavy (non-hydrogen) atoms. The highest BCUT2D eigenvalue weighted by Gasteiger charge is 2.15. The average Bonchev–Trinajstić information content (AvgIpc) is 2.45. The van der Waals surface area contributed by atoms with Crippen LogP contribution in [0.4, 0.5) is 5.69 Å². The van der Waals surface area contributed by atoms with Crippen LogP contribution in [0.25, 0.3) is 0 Å². The first-order chi connectivity index (χ1) is 11.2. The summed E-state index contributed by atoms with van der Waals surface area (Å²) in [5.41, 5.74) is 0.769. The van der Waals surface area contributed by atoms with Crippen LogP contribution in [0.5, 0.6) is 0 Å². The van der Waals surface area contributed by atoms with Crippen LogP contribution in [-0.2, 0) is 10.0 Å². The molecule has 0 aliphatic rings. The van der Waals surface area contributed by atoms with Gasteiger partial charge in [0.05, 0.1) is 4.90 Å². The Kier molecular flexibility index (Phi) is 5.87. The lowest BCUT2D eigenvalue weighted by atomic mass is 10.2. The van der Waals surface area contributed by atoms with Gasteiger partial charge in [0.25, 0.3) is 5.91 Å². The molecule has 0 bridgehead atoms. The molecule has 0 unspecified atom stereocenters. The molecule has 2 aromatic rings. The first-order valence-electron chi connectivity index (χ1n) is 7.07. The molecular weight excluding hydrogens is 371 g/mol. The zero-order valence-electron chi connectivity index (χ0n) is 13.0. The molecule has 2 aromatic carbocycles. The fourth-order valence-electron chi connectivity index (χ4n) is 1.98. The monoisotopic (exact) mass is 386 g/mol. The summed E-state index contributed by atoms with van der Waals surface area (Å²) in [6.45, 7) is 3.48. The Labute approximate surface area is 151 Å². The number of nitrogens with one attached hydrogen (secondary N) is 2. The maximum absolute atomic E-state index is 12.2. The van der Waals surface area contributed by atoms with E-state index in [2.05, 4.69) is 10.0 Å². The molecule has 8 heteroatoms. The molecule has 0 aliphatic carbocycles. The highest BCUT2D eigenvalue weighted by atomic mass is 35.5. The van der Waals surface area contributed by atoms with E-state index in [1.807, 2.05) is 0 Å². The van der Waals surface area contributed by atoms with Crippen LogP contribution in [0.2, 0.25) is 10.0 Å². The van der Waals surface area contributed by atoms with Gasteiger partial charge in [0.1, 0.15) is 0 Å². The van der Waals surface area contributed by atoms with E-state index in [1.54, 1.807) is 13.8 Å². The molecular formula is C16H16Cl2N2O3S. The molecule has 0 saturated carbocycles. The highest BCUT2D eigenvalue weighted by molar-refractivity contribution is 7.89. The third-order valence-electron chi connectivity index (χ3n) is 2.94. The maximum Gasteiger partial charge on any atom is 0.255 e. The van der Waals surface area contributed by atoms with Crippen molar-refractivity contribution in [2.75, 3.05) is 5.32 Å². The number of hydrogen-bond donors (Lipinski definition) is 2. The summed E-state index contributed by atoms with van der Waals surface area (Å²) in [6.07, 6.45) is 0. The van der Waals surface area contributed by atoms with E-state index in [4.69, 9.17) is 23.2 Å². The van der Waals surface area contributed by atoms with Gasteiger partial charge in [-0.15, -0.1) is 0 Å². The number of anilines is 1. The summed E-state index contributed by atoms with van der Waals surface area (Å²) in [6, 6.07) is 10.2. The van der Waals surface area contributed by atoms with Gasteiger partial charge in [-0.3, -0.25) is 4.79 Å². The van der Waals surface area contributed by atoms with Crippen molar-refractivity contribution in [3.63, 3.8) is 0 Å². The zero-order valence-corrected chi connectivity index (χ0v) is 15.3. The number of benzene rings is 2. The van der Waals surface area contributed by atoms with E-state index in [9.17, 15) is 13.2 Å². The zero-order chi connectivity index (χ0) is 17.9. The molecule has 1 amide bonds. The minimum absolute atomic E-state index is 0.125. The van der Waals surface area contributed by atoms with Crippen molar-refractivity contribution in [2.24, 2.45) is 0 Å². The molecule has 0 atom stereocenters. The topological polar surface area (TPSA) is 75.3 Å². The Morgan fingerprint density at radius 3 is 2.04 bits per heavy atom. The van der Waals surface area contributed by atoms with E-state index in [1.165, 1.54) is 42.5 Å². The summed E-state index contributed by atoms with van der Waals surface area (Å²) in [7, 11) is -3.57. The lowest BCUT2D eigenvalue weighted by Gasteiger charge is -2.10. The Balaban J connectivity index is 2.15. The van der Waals surface area contributed by atoms with Gasteiger partial charge in [0.2, 0.25) is 10.0 Å². The lowest BCUT2D eigenvalue weighted by molar-refractivity contribution is 0.102. The second kappa shape index (κ2) is 7.53. The Bertz CT molecular complexity index is 830. The molecule has 0 aliphatic heterocycles. The SMILES string of the molecule is CC(C)NS(=O)(=O)c1ccc(NC(=O)c2cc(Cl)cc(Cl)c2)cc1. The van der Waals surface area contributed by atoms with Crippen molar-refractivity contribution in [3.05, 3.63) is 58.1 Å². The number of amides is 1. The minimum Gasteiger partial charge on any atom is -0.322 e. The van der Waals surface area contributed by atoms with Gasteiger partial charge in [-0.05, 0) is 56.3 Å². The van der Waals surface area contributed by atoms with Crippen molar-refractivity contribution in [2.45, 2.75) is 24.8 Å². The van der Waals surface area contributed by atoms with Crippen LogP contribution in [-0.4, -0.2) is 20.4 Å². The second-order valence-electron chi connectivity index (χ2n) is 5.41. The molecule has 0 aromatic heterocycles. The van der Waals surface area contributed by atoms with Crippen LogP contribution in [0, 0.1) is 0 Å². The predicted octanol–water partition coefficient (Wildman–Crippen LogP) is 3.93. The average molecular weight is 387 g/mol. The van der Waals surface area contributed by atoms with Crippen molar-refractivity contribution in [3.8, 4) is 0 Å². The number of carbonyl (C=O) groups excluding carboxylic acids is 1. The normalized spacial score (nSPS) is 11.5. The summed E-state index contributed by atoms with van der Waals surface area (Å²) in [5, 5.41) is 3.37. The van der Waals surface area contributed by atoms with Crippen LogP contribution in [0.15, 0.2) is 47.4 Å². The summed E-state index contributed by atoms with van der Waals surface area (Å²) in [4.78, 5) is 12.3. The number of sulfonamides is 1. The molecule has 128 valence electrons. The number of hydrogen-bond acceptors (Lipinski definition) is 3. The molecule has 0 radical (unpaired) electrons. The first kappa shape index (κ1) is 18.7. The smallest absolute Gasteiger partial charge is 0.255 e. The molecule has 5 nitrogen and oxygen atoms in total. The van der Waals surface area contributed by atoms with Crippen LogP contribution >= 0.6 is 23.2 Å².